The summed E-state index contributed by atoms with van der Waals surface area (Å²) in [4.78, 5) is 11.1. The summed E-state index contributed by atoms with van der Waals surface area (Å²) in [5.41, 5.74) is 0.220. The molecule has 1 fully saturated rings. The van der Waals surface area contributed by atoms with E-state index in [9.17, 15) is 4.79 Å². The lowest BCUT2D eigenvalue weighted by Crippen LogP contribution is -2.42. The first-order chi connectivity index (χ1) is 10.1. The second-order valence-electron chi connectivity index (χ2n) is 5.98. The first-order valence-corrected chi connectivity index (χ1v) is 7.78. The zero-order valence-corrected chi connectivity index (χ0v) is 12.8. The highest BCUT2D eigenvalue weighted by Gasteiger charge is 2.26. The molecule has 0 amide bonds. The van der Waals surface area contributed by atoms with Crippen LogP contribution in [0.3, 0.4) is 0 Å². The van der Waals surface area contributed by atoms with Crippen molar-refractivity contribution >= 4 is 5.97 Å². The van der Waals surface area contributed by atoms with Gasteiger partial charge >= 0.3 is 5.97 Å². The van der Waals surface area contributed by atoms with Crippen LogP contribution in [0.1, 0.15) is 43.5 Å². The Balaban J connectivity index is 1.79. The van der Waals surface area contributed by atoms with Gasteiger partial charge in [0.1, 0.15) is 17.9 Å². The van der Waals surface area contributed by atoms with Crippen LogP contribution in [0.15, 0.2) is 24.3 Å². The molecule has 0 aliphatic heterocycles. The summed E-state index contributed by atoms with van der Waals surface area (Å²) >= 11 is 0. The summed E-state index contributed by atoms with van der Waals surface area (Å²) in [6.07, 6.45) is 3.82. The van der Waals surface area contributed by atoms with E-state index in [2.05, 4.69) is 19.2 Å². The number of carboxylic acid groups (broad SMARTS) is 1. The lowest BCUT2D eigenvalue weighted by atomic mass is 9.78. The molecule has 3 unspecified atom stereocenters. The molecule has 1 aromatic carbocycles. The Labute approximate surface area is 126 Å². The number of hydrogen-bond acceptors (Lipinski definition) is 3. The largest absolute Gasteiger partial charge is 0.491 e. The van der Waals surface area contributed by atoms with Crippen LogP contribution in [0.25, 0.3) is 0 Å². The molecule has 21 heavy (non-hydrogen) atoms. The van der Waals surface area contributed by atoms with Crippen molar-refractivity contribution in [2.45, 2.75) is 39.2 Å². The van der Waals surface area contributed by atoms with Crippen molar-refractivity contribution in [1.82, 2.24) is 5.32 Å². The molecule has 1 aliphatic rings. The van der Waals surface area contributed by atoms with Crippen molar-refractivity contribution in [2.75, 3.05) is 13.2 Å². The Kier molecular flexibility index (Phi) is 5.62. The van der Waals surface area contributed by atoms with Gasteiger partial charge in [-0.1, -0.05) is 38.8 Å². The molecule has 116 valence electrons. The third kappa shape index (κ3) is 4.21. The van der Waals surface area contributed by atoms with Gasteiger partial charge in [-0.3, -0.25) is 0 Å². The SMILES string of the molecule is CC1CCCC(NCCOc2ccccc2C(=O)O)C1C. The zero-order valence-electron chi connectivity index (χ0n) is 12.8. The first kappa shape index (κ1) is 15.8. The summed E-state index contributed by atoms with van der Waals surface area (Å²) in [5, 5.41) is 12.6. The fourth-order valence-electron chi connectivity index (χ4n) is 3.04. The maximum absolute atomic E-state index is 11.1. The van der Waals surface area contributed by atoms with Gasteiger partial charge in [-0.25, -0.2) is 4.79 Å². The molecule has 0 radical (unpaired) electrons. The van der Waals surface area contributed by atoms with Crippen molar-refractivity contribution in [3.63, 3.8) is 0 Å². The highest BCUT2D eigenvalue weighted by molar-refractivity contribution is 5.90. The van der Waals surface area contributed by atoms with E-state index in [0.717, 1.165) is 12.5 Å². The lowest BCUT2D eigenvalue weighted by Gasteiger charge is -2.34. The summed E-state index contributed by atoms with van der Waals surface area (Å²) in [6, 6.07) is 7.32. The van der Waals surface area contributed by atoms with Crippen LogP contribution >= 0.6 is 0 Å². The smallest absolute Gasteiger partial charge is 0.339 e. The van der Waals surface area contributed by atoms with Crippen molar-refractivity contribution in [3.05, 3.63) is 29.8 Å². The van der Waals surface area contributed by atoms with E-state index in [1.165, 1.54) is 19.3 Å². The molecular weight excluding hydrogens is 266 g/mol. The van der Waals surface area contributed by atoms with E-state index in [-0.39, 0.29) is 5.56 Å². The zero-order chi connectivity index (χ0) is 15.2. The molecule has 0 aromatic heterocycles. The number of carbonyl (C=O) groups is 1. The van der Waals surface area contributed by atoms with Crippen LogP contribution in [-0.4, -0.2) is 30.3 Å². The normalized spacial score (nSPS) is 25.5. The molecule has 1 aromatic rings. The van der Waals surface area contributed by atoms with E-state index in [0.29, 0.717) is 24.3 Å². The first-order valence-electron chi connectivity index (χ1n) is 7.78. The third-order valence-electron chi connectivity index (χ3n) is 4.59. The van der Waals surface area contributed by atoms with Gasteiger partial charge in [0.25, 0.3) is 0 Å². The van der Waals surface area contributed by atoms with Gasteiger partial charge in [-0.15, -0.1) is 0 Å². The summed E-state index contributed by atoms with van der Waals surface area (Å²) in [5.74, 6) is 0.945. The minimum absolute atomic E-state index is 0.220. The van der Waals surface area contributed by atoms with Gasteiger partial charge in [0.2, 0.25) is 0 Å². The second-order valence-corrected chi connectivity index (χ2v) is 5.98. The van der Waals surface area contributed by atoms with Crippen LogP contribution in [0.5, 0.6) is 5.75 Å². The number of ether oxygens (including phenoxy) is 1. The highest BCUT2D eigenvalue weighted by atomic mass is 16.5. The van der Waals surface area contributed by atoms with Crippen molar-refractivity contribution in [3.8, 4) is 5.75 Å². The molecule has 3 atom stereocenters. The summed E-state index contributed by atoms with van der Waals surface area (Å²) in [6.45, 7) is 5.86. The number of para-hydroxylation sites is 1. The minimum Gasteiger partial charge on any atom is -0.491 e. The van der Waals surface area contributed by atoms with Crippen LogP contribution in [0, 0.1) is 11.8 Å². The van der Waals surface area contributed by atoms with Crippen LogP contribution in [0.2, 0.25) is 0 Å². The van der Waals surface area contributed by atoms with Crippen LogP contribution in [0.4, 0.5) is 0 Å². The molecule has 4 nitrogen and oxygen atoms in total. The highest BCUT2D eigenvalue weighted by Crippen LogP contribution is 2.29. The molecule has 4 heteroatoms. The Morgan fingerprint density at radius 2 is 2.10 bits per heavy atom. The number of benzene rings is 1. The molecule has 2 N–H and O–H groups in total. The maximum Gasteiger partial charge on any atom is 0.339 e. The molecule has 1 aliphatic carbocycles. The molecule has 1 saturated carbocycles. The number of rotatable bonds is 6. The average molecular weight is 291 g/mol. The summed E-state index contributed by atoms with van der Waals surface area (Å²) < 4.78 is 5.61. The number of hydrogen-bond donors (Lipinski definition) is 2. The van der Waals surface area contributed by atoms with Gasteiger partial charge in [0, 0.05) is 12.6 Å². The van der Waals surface area contributed by atoms with Crippen LogP contribution in [-0.2, 0) is 0 Å². The second kappa shape index (κ2) is 7.46. The van der Waals surface area contributed by atoms with Crippen molar-refractivity contribution < 1.29 is 14.6 Å². The van der Waals surface area contributed by atoms with E-state index in [1.807, 2.05) is 0 Å². The predicted molar refractivity (Wildman–Crippen MR) is 82.9 cm³/mol. The maximum atomic E-state index is 11.1. The Hall–Kier alpha value is -1.55. The number of nitrogens with one attached hydrogen (secondary N) is 1. The number of carboxylic acids is 1. The molecule has 0 saturated heterocycles. The fraction of sp³-hybridized carbons (Fsp3) is 0.588. The minimum atomic E-state index is -0.951. The van der Waals surface area contributed by atoms with E-state index >= 15 is 0 Å². The standard InChI is InChI=1S/C17H25NO3/c1-12-6-5-8-15(13(12)2)18-10-11-21-16-9-4-3-7-14(16)17(19)20/h3-4,7,9,12-13,15,18H,5-6,8,10-11H2,1-2H3,(H,19,20). The fourth-order valence-corrected chi connectivity index (χ4v) is 3.04. The predicted octanol–water partition coefficient (Wildman–Crippen LogP) is 3.18. The molecule has 0 bridgehead atoms. The van der Waals surface area contributed by atoms with Gasteiger partial charge in [-0.05, 0) is 30.4 Å². The lowest BCUT2D eigenvalue weighted by molar-refractivity contribution is 0.0692. The van der Waals surface area contributed by atoms with Gasteiger partial charge in [-0.2, -0.15) is 0 Å². The molecule has 0 spiro atoms. The number of aromatic carboxylic acids is 1. The van der Waals surface area contributed by atoms with Crippen molar-refractivity contribution in [2.24, 2.45) is 11.8 Å². The molecule has 2 rings (SSSR count). The molecular formula is C17H25NO3. The molecule has 0 heterocycles. The van der Waals surface area contributed by atoms with Crippen molar-refractivity contribution in [1.29, 1.82) is 0 Å². The van der Waals surface area contributed by atoms with E-state index in [1.54, 1.807) is 24.3 Å². The Bertz CT molecular complexity index is 475. The van der Waals surface area contributed by atoms with Gasteiger partial charge in [0.05, 0.1) is 0 Å². The Morgan fingerprint density at radius 1 is 1.33 bits per heavy atom. The monoisotopic (exact) mass is 291 g/mol. The third-order valence-corrected chi connectivity index (χ3v) is 4.59. The summed E-state index contributed by atoms with van der Waals surface area (Å²) in [7, 11) is 0. The van der Waals surface area contributed by atoms with Crippen LogP contribution < -0.4 is 10.1 Å². The van der Waals surface area contributed by atoms with Gasteiger partial charge < -0.3 is 15.2 Å². The van der Waals surface area contributed by atoms with E-state index < -0.39 is 5.97 Å². The quantitative estimate of drug-likeness (QED) is 0.790. The Morgan fingerprint density at radius 3 is 2.86 bits per heavy atom. The van der Waals surface area contributed by atoms with E-state index in [4.69, 9.17) is 9.84 Å². The average Bonchev–Trinajstić information content (AvgIpc) is 2.48. The van der Waals surface area contributed by atoms with Gasteiger partial charge in [0.15, 0.2) is 0 Å². The topological polar surface area (TPSA) is 58.6 Å².